The van der Waals surface area contributed by atoms with E-state index in [9.17, 15) is 0 Å². The van der Waals surface area contributed by atoms with Gasteiger partial charge in [-0.05, 0) is 43.5 Å². The summed E-state index contributed by atoms with van der Waals surface area (Å²) < 4.78 is 11.2. The normalized spacial score (nSPS) is 22.8. The summed E-state index contributed by atoms with van der Waals surface area (Å²) in [5.74, 6) is 1.49. The second kappa shape index (κ2) is 4.39. The van der Waals surface area contributed by atoms with E-state index in [2.05, 4.69) is 12.2 Å². The number of rotatable bonds is 1. The Hall–Kier alpha value is -0.930. The monoisotopic (exact) mass is 253 g/mol. The van der Waals surface area contributed by atoms with E-state index >= 15 is 0 Å². The van der Waals surface area contributed by atoms with E-state index in [0.717, 1.165) is 23.7 Å². The number of aryl methyl sites for hydroxylation is 1. The van der Waals surface area contributed by atoms with E-state index in [0.29, 0.717) is 25.0 Å². The van der Waals surface area contributed by atoms with Crippen molar-refractivity contribution in [3.63, 3.8) is 0 Å². The number of benzene rings is 1. The number of hydrogen-bond donors (Lipinski definition) is 1. The van der Waals surface area contributed by atoms with Crippen LogP contribution in [0.1, 0.15) is 30.0 Å². The van der Waals surface area contributed by atoms with Crippen LogP contribution in [0.2, 0.25) is 5.02 Å². The van der Waals surface area contributed by atoms with Crippen LogP contribution in [0.4, 0.5) is 0 Å². The van der Waals surface area contributed by atoms with Crippen molar-refractivity contribution >= 4 is 11.6 Å². The maximum absolute atomic E-state index is 6.47. The molecule has 1 unspecified atom stereocenters. The van der Waals surface area contributed by atoms with E-state index in [1.54, 1.807) is 0 Å². The Morgan fingerprint density at radius 3 is 2.94 bits per heavy atom. The Balaban J connectivity index is 2.08. The van der Waals surface area contributed by atoms with Crippen molar-refractivity contribution < 1.29 is 9.47 Å². The first-order valence-corrected chi connectivity index (χ1v) is 6.47. The van der Waals surface area contributed by atoms with Gasteiger partial charge in [-0.15, -0.1) is 0 Å². The summed E-state index contributed by atoms with van der Waals surface area (Å²) in [5, 5.41) is 4.20. The molecule has 1 aromatic carbocycles. The van der Waals surface area contributed by atoms with Crippen molar-refractivity contribution in [2.75, 3.05) is 19.8 Å². The number of ether oxygens (including phenoxy) is 2. The second-order valence-corrected chi connectivity index (χ2v) is 4.97. The van der Waals surface area contributed by atoms with Crippen LogP contribution in [0.15, 0.2) is 6.07 Å². The smallest absolute Gasteiger partial charge is 0.180 e. The lowest BCUT2D eigenvalue weighted by atomic mass is 9.99. The lowest BCUT2D eigenvalue weighted by molar-refractivity contribution is 0.171. The molecule has 2 heterocycles. The van der Waals surface area contributed by atoms with Gasteiger partial charge in [0, 0.05) is 6.04 Å². The van der Waals surface area contributed by atoms with E-state index < -0.39 is 0 Å². The molecule has 2 aliphatic rings. The van der Waals surface area contributed by atoms with Crippen LogP contribution in [0.5, 0.6) is 11.5 Å². The number of nitrogens with one attached hydrogen (secondary N) is 1. The zero-order chi connectivity index (χ0) is 11.8. The van der Waals surface area contributed by atoms with Gasteiger partial charge in [0.1, 0.15) is 13.2 Å². The number of fused-ring (bicyclic) bond motifs is 1. The molecule has 1 aromatic rings. The summed E-state index contributed by atoms with van der Waals surface area (Å²) in [6.07, 6.45) is 2.34. The van der Waals surface area contributed by atoms with Gasteiger partial charge in [-0.3, -0.25) is 0 Å². The summed E-state index contributed by atoms with van der Waals surface area (Å²) in [7, 11) is 0. The first-order valence-electron chi connectivity index (χ1n) is 6.09. The predicted molar refractivity (Wildman–Crippen MR) is 67.2 cm³/mol. The third-order valence-corrected chi connectivity index (χ3v) is 3.80. The summed E-state index contributed by atoms with van der Waals surface area (Å²) in [6.45, 7) is 4.32. The van der Waals surface area contributed by atoms with Crippen LogP contribution in [0.25, 0.3) is 0 Å². The Kier molecular flexibility index (Phi) is 2.89. The lowest BCUT2D eigenvalue weighted by Gasteiger charge is -2.24. The van der Waals surface area contributed by atoms with Crippen molar-refractivity contribution in [2.24, 2.45) is 0 Å². The van der Waals surface area contributed by atoms with Gasteiger partial charge in [-0.2, -0.15) is 0 Å². The molecule has 0 amide bonds. The van der Waals surface area contributed by atoms with Crippen molar-refractivity contribution in [3.05, 3.63) is 22.2 Å². The van der Waals surface area contributed by atoms with E-state index in [1.807, 2.05) is 6.07 Å². The number of halogens is 1. The SMILES string of the molecule is Cc1cc2c(c(Cl)c1C1CCCN1)OCCO2. The molecule has 1 saturated heterocycles. The minimum absolute atomic E-state index is 0.360. The van der Waals surface area contributed by atoms with Gasteiger partial charge in [0.2, 0.25) is 0 Å². The third-order valence-electron chi connectivity index (χ3n) is 3.43. The molecule has 4 heteroatoms. The van der Waals surface area contributed by atoms with Gasteiger partial charge in [0.15, 0.2) is 11.5 Å². The molecular weight excluding hydrogens is 238 g/mol. The molecule has 0 radical (unpaired) electrons. The van der Waals surface area contributed by atoms with Crippen LogP contribution in [-0.2, 0) is 0 Å². The Labute approximate surface area is 106 Å². The summed E-state index contributed by atoms with van der Waals surface area (Å²) in [6, 6.07) is 2.40. The second-order valence-electron chi connectivity index (χ2n) is 4.59. The van der Waals surface area contributed by atoms with Crippen molar-refractivity contribution in [1.82, 2.24) is 5.32 Å². The molecule has 3 rings (SSSR count). The highest BCUT2D eigenvalue weighted by atomic mass is 35.5. The quantitative estimate of drug-likeness (QED) is 0.835. The molecule has 0 spiro atoms. The van der Waals surface area contributed by atoms with Gasteiger partial charge in [0.25, 0.3) is 0 Å². The molecule has 17 heavy (non-hydrogen) atoms. The summed E-state index contributed by atoms with van der Waals surface area (Å²) in [4.78, 5) is 0. The molecule has 3 nitrogen and oxygen atoms in total. The van der Waals surface area contributed by atoms with Gasteiger partial charge in [-0.25, -0.2) is 0 Å². The van der Waals surface area contributed by atoms with Crippen LogP contribution in [0, 0.1) is 6.92 Å². The standard InChI is InChI=1S/C13H16ClNO2/c1-8-7-10-13(17-6-5-16-10)12(14)11(8)9-3-2-4-15-9/h7,9,15H,2-6H2,1H3. The van der Waals surface area contributed by atoms with Gasteiger partial charge >= 0.3 is 0 Å². The Morgan fingerprint density at radius 1 is 1.35 bits per heavy atom. The van der Waals surface area contributed by atoms with Crippen molar-refractivity contribution in [1.29, 1.82) is 0 Å². The molecule has 0 bridgehead atoms. The van der Waals surface area contributed by atoms with Gasteiger partial charge in [-0.1, -0.05) is 11.6 Å². The largest absolute Gasteiger partial charge is 0.486 e. The van der Waals surface area contributed by atoms with Gasteiger partial charge in [0.05, 0.1) is 5.02 Å². The Morgan fingerprint density at radius 2 is 2.18 bits per heavy atom. The fraction of sp³-hybridized carbons (Fsp3) is 0.538. The highest BCUT2D eigenvalue weighted by molar-refractivity contribution is 6.33. The van der Waals surface area contributed by atoms with Crippen molar-refractivity contribution in [3.8, 4) is 11.5 Å². The maximum Gasteiger partial charge on any atom is 0.180 e. The van der Waals surface area contributed by atoms with E-state index in [1.165, 1.54) is 17.5 Å². The molecule has 1 atom stereocenters. The zero-order valence-corrected chi connectivity index (χ0v) is 10.6. The maximum atomic E-state index is 6.47. The van der Waals surface area contributed by atoms with E-state index in [4.69, 9.17) is 21.1 Å². The van der Waals surface area contributed by atoms with Crippen LogP contribution >= 0.6 is 11.6 Å². The first kappa shape index (κ1) is 11.2. The third kappa shape index (κ3) is 1.87. The fourth-order valence-corrected chi connectivity index (χ4v) is 3.07. The molecule has 1 N–H and O–H groups in total. The molecular formula is C13H16ClNO2. The first-order chi connectivity index (χ1) is 8.27. The molecule has 0 saturated carbocycles. The molecule has 0 aliphatic carbocycles. The van der Waals surface area contributed by atoms with E-state index in [-0.39, 0.29) is 0 Å². The molecule has 92 valence electrons. The average Bonchev–Trinajstić information content (AvgIpc) is 2.83. The average molecular weight is 254 g/mol. The molecule has 0 aromatic heterocycles. The molecule has 1 fully saturated rings. The lowest BCUT2D eigenvalue weighted by Crippen LogP contribution is -2.19. The highest BCUT2D eigenvalue weighted by Crippen LogP contribution is 2.44. The van der Waals surface area contributed by atoms with Crippen LogP contribution in [0.3, 0.4) is 0 Å². The summed E-state index contributed by atoms with van der Waals surface area (Å²) in [5.41, 5.74) is 2.35. The number of hydrogen-bond acceptors (Lipinski definition) is 3. The van der Waals surface area contributed by atoms with Gasteiger partial charge < -0.3 is 14.8 Å². The molecule has 2 aliphatic heterocycles. The predicted octanol–water partition coefficient (Wildman–Crippen LogP) is 2.84. The zero-order valence-electron chi connectivity index (χ0n) is 9.88. The minimum Gasteiger partial charge on any atom is -0.486 e. The Bertz CT molecular complexity index is 442. The van der Waals surface area contributed by atoms with Crippen LogP contribution in [-0.4, -0.2) is 19.8 Å². The highest BCUT2D eigenvalue weighted by Gasteiger charge is 2.26. The fourth-order valence-electron chi connectivity index (χ4n) is 2.64. The summed E-state index contributed by atoms with van der Waals surface area (Å²) >= 11 is 6.47. The van der Waals surface area contributed by atoms with Crippen molar-refractivity contribution in [2.45, 2.75) is 25.8 Å². The topological polar surface area (TPSA) is 30.5 Å². The minimum atomic E-state index is 0.360. The van der Waals surface area contributed by atoms with Crippen LogP contribution < -0.4 is 14.8 Å².